The smallest absolute Gasteiger partial charge is 0.222 e. The molecule has 0 bridgehead atoms. The average Bonchev–Trinajstić information content (AvgIpc) is 2.90. The van der Waals surface area contributed by atoms with E-state index in [0.29, 0.717) is 24.7 Å². The van der Waals surface area contributed by atoms with Crippen molar-refractivity contribution in [3.8, 4) is 0 Å². The topological polar surface area (TPSA) is 80.0 Å². The van der Waals surface area contributed by atoms with Gasteiger partial charge in [0.05, 0.1) is 12.7 Å². The summed E-state index contributed by atoms with van der Waals surface area (Å²) in [4.78, 5) is 11.4. The molecule has 0 saturated heterocycles. The first-order valence-electron chi connectivity index (χ1n) is 5.87. The molecule has 1 aliphatic rings. The molecule has 0 atom stereocenters. The lowest BCUT2D eigenvalue weighted by atomic mass is 10.1. The fourth-order valence-electron chi connectivity index (χ4n) is 1.43. The first kappa shape index (κ1) is 12.0. The van der Waals surface area contributed by atoms with E-state index in [1.54, 1.807) is 24.7 Å². The molecule has 0 aromatic carbocycles. The fraction of sp³-hybridized carbons (Fsp3) is 0.727. The summed E-state index contributed by atoms with van der Waals surface area (Å²) >= 11 is 0. The first-order valence-corrected chi connectivity index (χ1v) is 5.87. The van der Waals surface area contributed by atoms with Crippen molar-refractivity contribution in [1.82, 2.24) is 20.3 Å². The summed E-state index contributed by atoms with van der Waals surface area (Å²) in [5, 5.41) is 20.4. The Balaban J connectivity index is 1.82. The lowest BCUT2D eigenvalue weighted by molar-refractivity contribution is -0.121. The van der Waals surface area contributed by atoms with E-state index in [1.807, 2.05) is 0 Å². The minimum atomic E-state index is -0.992. The van der Waals surface area contributed by atoms with Crippen LogP contribution < -0.4 is 5.32 Å². The number of nitrogens with zero attached hydrogens (tertiary/aromatic N) is 3. The average molecular weight is 238 g/mol. The van der Waals surface area contributed by atoms with E-state index >= 15 is 0 Å². The molecule has 0 radical (unpaired) electrons. The third kappa shape index (κ3) is 3.52. The van der Waals surface area contributed by atoms with Crippen LogP contribution in [0.5, 0.6) is 0 Å². The summed E-state index contributed by atoms with van der Waals surface area (Å²) in [6.45, 7) is 3.80. The van der Waals surface area contributed by atoms with E-state index in [0.717, 1.165) is 12.8 Å². The molecule has 0 unspecified atom stereocenters. The maximum absolute atomic E-state index is 11.4. The Kier molecular flexibility index (Phi) is 3.15. The van der Waals surface area contributed by atoms with E-state index in [2.05, 4.69) is 15.6 Å². The lowest BCUT2D eigenvalue weighted by Gasteiger charge is -2.11. The molecular formula is C11H18N4O2. The van der Waals surface area contributed by atoms with Gasteiger partial charge in [-0.15, -0.1) is 5.10 Å². The number of aryl methyl sites for hydroxylation is 1. The molecule has 1 fully saturated rings. The highest BCUT2D eigenvalue weighted by Gasteiger charge is 2.23. The number of carbonyl (C=O) groups excluding carboxylic acids is 1. The van der Waals surface area contributed by atoms with Gasteiger partial charge in [-0.2, -0.15) is 0 Å². The maximum Gasteiger partial charge on any atom is 0.222 e. The lowest BCUT2D eigenvalue weighted by Crippen LogP contribution is -2.26. The number of aliphatic hydroxyl groups is 1. The predicted octanol–water partition coefficient (Wildman–Crippen LogP) is 0.174. The Hall–Kier alpha value is -1.43. The monoisotopic (exact) mass is 238 g/mol. The first-order chi connectivity index (χ1) is 7.95. The fourth-order valence-corrected chi connectivity index (χ4v) is 1.43. The van der Waals surface area contributed by atoms with Crippen molar-refractivity contribution in [2.45, 2.75) is 51.3 Å². The van der Waals surface area contributed by atoms with Gasteiger partial charge >= 0.3 is 0 Å². The molecular weight excluding hydrogens is 220 g/mol. The molecule has 1 saturated carbocycles. The summed E-state index contributed by atoms with van der Waals surface area (Å²) in [5.41, 5.74) is -0.478. The summed E-state index contributed by atoms with van der Waals surface area (Å²) in [6, 6.07) is 0.394. The number of hydrogen-bond acceptors (Lipinski definition) is 4. The van der Waals surface area contributed by atoms with Gasteiger partial charge in [0.25, 0.3) is 0 Å². The van der Waals surface area contributed by atoms with E-state index in [1.165, 1.54) is 0 Å². The largest absolute Gasteiger partial charge is 0.384 e. The van der Waals surface area contributed by atoms with Gasteiger partial charge in [0.15, 0.2) is 0 Å². The van der Waals surface area contributed by atoms with Gasteiger partial charge < -0.3 is 10.4 Å². The molecule has 0 aliphatic heterocycles. The Labute approximate surface area is 100 Å². The third-order valence-corrected chi connectivity index (χ3v) is 2.68. The van der Waals surface area contributed by atoms with Crippen LogP contribution in [0.3, 0.4) is 0 Å². The minimum absolute atomic E-state index is 0.0489. The third-order valence-electron chi connectivity index (χ3n) is 2.68. The number of hydrogen-bond donors (Lipinski definition) is 2. The number of carbonyl (C=O) groups is 1. The molecule has 1 aromatic rings. The number of amides is 1. The van der Waals surface area contributed by atoms with Crippen LogP contribution in [0.2, 0.25) is 0 Å². The predicted molar refractivity (Wildman–Crippen MR) is 61.0 cm³/mol. The Bertz CT molecular complexity index is 404. The van der Waals surface area contributed by atoms with E-state index < -0.39 is 5.60 Å². The van der Waals surface area contributed by atoms with Gasteiger partial charge in [0.1, 0.15) is 11.3 Å². The summed E-state index contributed by atoms with van der Waals surface area (Å²) in [6.07, 6.45) is 4.26. The molecule has 1 aliphatic carbocycles. The van der Waals surface area contributed by atoms with E-state index in [9.17, 15) is 9.90 Å². The van der Waals surface area contributed by atoms with Crippen molar-refractivity contribution in [3.63, 3.8) is 0 Å². The Morgan fingerprint density at radius 3 is 2.88 bits per heavy atom. The summed E-state index contributed by atoms with van der Waals surface area (Å²) in [7, 11) is 0. The molecule has 1 aromatic heterocycles. The second kappa shape index (κ2) is 4.44. The number of nitrogens with one attached hydrogen (secondary N) is 1. The van der Waals surface area contributed by atoms with Gasteiger partial charge in [-0.1, -0.05) is 5.21 Å². The molecule has 1 heterocycles. The zero-order valence-electron chi connectivity index (χ0n) is 10.2. The van der Waals surface area contributed by atoms with Crippen molar-refractivity contribution in [2.24, 2.45) is 0 Å². The quantitative estimate of drug-likeness (QED) is 0.766. The van der Waals surface area contributed by atoms with Crippen molar-refractivity contribution >= 4 is 5.91 Å². The highest BCUT2D eigenvalue weighted by atomic mass is 16.3. The van der Waals surface area contributed by atoms with E-state index in [4.69, 9.17) is 0 Å². The van der Waals surface area contributed by atoms with Gasteiger partial charge in [-0.05, 0) is 26.7 Å². The Morgan fingerprint density at radius 1 is 1.65 bits per heavy atom. The van der Waals surface area contributed by atoms with E-state index in [-0.39, 0.29) is 5.91 Å². The number of rotatable bonds is 5. The molecule has 6 nitrogen and oxygen atoms in total. The van der Waals surface area contributed by atoms with Crippen molar-refractivity contribution in [1.29, 1.82) is 0 Å². The van der Waals surface area contributed by atoms with Gasteiger partial charge in [-0.25, -0.2) is 0 Å². The summed E-state index contributed by atoms with van der Waals surface area (Å²) < 4.78 is 1.58. The van der Waals surface area contributed by atoms with Crippen LogP contribution in [0.25, 0.3) is 0 Å². The molecule has 1 amide bonds. The van der Waals surface area contributed by atoms with Crippen LogP contribution in [-0.2, 0) is 16.9 Å². The second-order valence-corrected chi connectivity index (χ2v) is 5.02. The molecule has 0 spiro atoms. The standard InChI is InChI=1S/C11H18N4O2/c1-11(2,17)9-7-15(14-13-9)6-5-10(16)12-8-3-4-8/h7-8,17H,3-6H2,1-2H3,(H,12,16). The molecule has 2 N–H and O–H groups in total. The molecule has 17 heavy (non-hydrogen) atoms. The Morgan fingerprint density at radius 2 is 2.35 bits per heavy atom. The van der Waals surface area contributed by atoms with Crippen LogP contribution in [-0.4, -0.2) is 32.0 Å². The van der Waals surface area contributed by atoms with Crippen molar-refractivity contribution < 1.29 is 9.90 Å². The minimum Gasteiger partial charge on any atom is -0.384 e. The van der Waals surface area contributed by atoms with Crippen LogP contribution in [0, 0.1) is 0 Å². The SMILES string of the molecule is CC(C)(O)c1cn(CCC(=O)NC2CC2)nn1. The summed E-state index contributed by atoms with van der Waals surface area (Å²) in [5.74, 6) is 0.0489. The van der Waals surface area contributed by atoms with Crippen molar-refractivity contribution in [2.75, 3.05) is 0 Å². The van der Waals surface area contributed by atoms with Crippen LogP contribution in [0.4, 0.5) is 0 Å². The van der Waals surface area contributed by atoms with Crippen LogP contribution in [0.15, 0.2) is 6.20 Å². The number of aromatic nitrogens is 3. The van der Waals surface area contributed by atoms with Crippen molar-refractivity contribution in [3.05, 3.63) is 11.9 Å². The maximum atomic E-state index is 11.4. The highest BCUT2D eigenvalue weighted by molar-refractivity contribution is 5.76. The highest BCUT2D eigenvalue weighted by Crippen LogP contribution is 2.18. The molecule has 6 heteroatoms. The zero-order chi connectivity index (χ0) is 12.5. The van der Waals surface area contributed by atoms with Crippen LogP contribution in [0.1, 0.15) is 38.8 Å². The molecule has 94 valence electrons. The molecule has 2 rings (SSSR count). The van der Waals surface area contributed by atoms with Gasteiger partial charge in [0.2, 0.25) is 5.91 Å². The van der Waals surface area contributed by atoms with Gasteiger partial charge in [-0.3, -0.25) is 9.48 Å². The van der Waals surface area contributed by atoms with Gasteiger partial charge in [0, 0.05) is 12.5 Å². The second-order valence-electron chi connectivity index (χ2n) is 5.02. The normalized spacial score (nSPS) is 15.9. The van der Waals surface area contributed by atoms with Crippen LogP contribution >= 0.6 is 0 Å². The zero-order valence-corrected chi connectivity index (χ0v) is 10.2.